The average Bonchev–Trinajstić information content (AvgIpc) is 3.09. The van der Waals surface area contributed by atoms with Gasteiger partial charge in [-0.05, 0) is 56.5 Å². The fourth-order valence-corrected chi connectivity index (χ4v) is 5.31. The molecule has 0 aromatic rings. The van der Waals surface area contributed by atoms with Gasteiger partial charge in [-0.2, -0.15) is 11.8 Å². The lowest BCUT2D eigenvalue weighted by Crippen LogP contribution is -2.60. The number of aliphatic carboxylic acids is 2. The standard InChI is InChI=1S/C33H57N9O12S/c1-16(2)13-22(29(50)36-15-26(47)48)41-31(52)21(11-12-55-6)39-28(49)18(5)37-30(51)20(7-9-23(35)43)40-33(54)27(17(3)4)42-32(53)19(8-10-25(45)46)38-24(44)14-34/h16-22,27H,7-15,34H2,1-6H3,(H2,35,43)(H,36,50)(H,37,51)(H,38,44)(H,39,49)(H,40,54)(H,41,52)(H,42,53)(H,45,46)(H,47,48)/t18-,19-,20-,21-,22-,27-/m0/s1. The first-order chi connectivity index (χ1) is 25.6. The summed E-state index contributed by atoms with van der Waals surface area (Å²) >= 11 is 1.38. The van der Waals surface area contributed by atoms with E-state index >= 15 is 0 Å². The van der Waals surface area contributed by atoms with Crippen LogP contribution in [0.2, 0.25) is 0 Å². The number of hydrogen-bond acceptors (Lipinski definition) is 12. The number of nitrogens with two attached hydrogens (primary N) is 2. The Morgan fingerprint density at radius 2 is 1.11 bits per heavy atom. The zero-order valence-electron chi connectivity index (χ0n) is 32.0. The van der Waals surface area contributed by atoms with E-state index in [0.717, 1.165) is 0 Å². The van der Waals surface area contributed by atoms with Crippen molar-refractivity contribution in [2.45, 2.75) is 109 Å². The van der Waals surface area contributed by atoms with Gasteiger partial charge in [0.2, 0.25) is 47.3 Å². The fourth-order valence-electron chi connectivity index (χ4n) is 4.84. The average molecular weight is 804 g/mol. The molecule has 21 nitrogen and oxygen atoms in total. The number of nitrogens with one attached hydrogen (secondary N) is 7. The molecule has 0 fully saturated rings. The van der Waals surface area contributed by atoms with Crippen molar-refractivity contribution in [3.05, 3.63) is 0 Å². The molecule has 0 unspecified atom stereocenters. The maximum Gasteiger partial charge on any atom is 0.322 e. The Morgan fingerprint density at radius 3 is 1.62 bits per heavy atom. The number of carbonyl (C=O) groups is 10. The van der Waals surface area contributed by atoms with Gasteiger partial charge < -0.3 is 58.9 Å². The molecule has 55 heavy (non-hydrogen) atoms. The Balaban J connectivity index is 6.01. The van der Waals surface area contributed by atoms with Crippen LogP contribution >= 0.6 is 11.8 Å². The van der Waals surface area contributed by atoms with E-state index in [9.17, 15) is 47.9 Å². The molecule has 0 rings (SSSR count). The molecule has 0 heterocycles. The second kappa shape index (κ2) is 25.9. The molecule has 0 aliphatic rings. The van der Waals surface area contributed by atoms with Crippen molar-refractivity contribution in [2.75, 3.05) is 25.1 Å². The molecular formula is C33H57N9O12S. The van der Waals surface area contributed by atoms with E-state index < -0.39 is 121 Å². The third-order valence-corrected chi connectivity index (χ3v) is 8.44. The van der Waals surface area contributed by atoms with Gasteiger partial charge in [0.05, 0.1) is 6.54 Å². The molecule has 8 amide bonds. The second-order valence-corrected chi connectivity index (χ2v) is 14.4. The van der Waals surface area contributed by atoms with Crippen molar-refractivity contribution < 1.29 is 58.2 Å². The highest BCUT2D eigenvalue weighted by Crippen LogP contribution is 2.10. The molecule has 0 aromatic heterocycles. The smallest absolute Gasteiger partial charge is 0.322 e. The fraction of sp³-hybridized carbons (Fsp3) is 0.697. The van der Waals surface area contributed by atoms with Crippen LogP contribution < -0.4 is 48.7 Å². The normalized spacial score (nSPS) is 14.2. The van der Waals surface area contributed by atoms with Gasteiger partial charge in [-0.3, -0.25) is 47.9 Å². The van der Waals surface area contributed by atoms with Gasteiger partial charge in [-0.15, -0.1) is 0 Å². The van der Waals surface area contributed by atoms with Gasteiger partial charge in [0.15, 0.2) is 0 Å². The van der Waals surface area contributed by atoms with E-state index in [1.807, 2.05) is 0 Å². The van der Waals surface area contributed by atoms with Gasteiger partial charge in [0.25, 0.3) is 0 Å². The van der Waals surface area contributed by atoms with E-state index in [1.54, 1.807) is 34.0 Å². The predicted molar refractivity (Wildman–Crippen MR) is 200 cm³/mol. The molecule has 6 atom stereocenters. The first-order valence-electron chi connectivity index (χ1n) is 17.6. The number of carbonyl (C=O) groups excluding carboxylic acids is 8. The van der Waals surface area contributed by atoms with Crippen LogP contribution in [0.5, 0.6) is 0 Å². The molecule has 13 N–H and O–H groups in total. The lowest BCUT2D eigenvalue weighted by molar-refractivity contribution is -0.139. The Bertz CT molecular complexity index is 1380. The molecule has 0 radical (unpaired) electrons. The lowest BCUT2D eigenvalue weighted by atomic mass is 10.0. The van der Waals surface area contributed by atoms with Crippen molar-refractivity contribution >= 4 is 71.0 Å². The summed E-state index contributed by atoms with van der Waals surface area (Å²) in [6.45, 7) is 6.88. The first-order valence-corrected chi connectivity index (χ1v) is 19.0. The number of primary amides is 1. The topological polar surface area (TPSA) is 347 Å². The van der Waals surface area contributed by atoms with E-state index in [0.29, 0.717) is 5.75 Å². The Kier molecular flexibility index (Phi) is 23.6. The number of amides is 8. The summed E-state index contributed by atoms with van der Waals surface area (Å²) in [7, 11) is 0. The summed E-state index contributed by atoms with van der Waals surface area (Å²) in [5, 5.41) is 35.0. The summed E-state index contributed by atoms with van der Waals surface area (Å²) in [6.07, 6.45) is 0.579. The molecule has 0 aliphatic heterocycles. The van der Waals surface area contributed by atoms with Crippen LogP contribution in [0.25, 0.3) is 0 Å². The molecule has 0 bridgehead atoms. The third-order valence-electron chi connectivity index (χ3n) is 7.79. The monoisotopic (exact) mass is 803 g/mol. The number of rotatable bonds is 27. The van der Waals surface area contributed by atoms with E-state index in [-0.39, 0.29) is 38.0 Å². The third kappa shape index (κ3) is 20.9. The highest BCUT2D eigenvalue weighted by molar-refractivity contribution is 7.98. The van der Waals surface area contributed by atoms with Crippen molar-refractivity contribution in [1.82, 2.24) is 37.2 Å². The van der Waals surface area contributed by atoms with E-state index in [1.165, 1.54) is 18.7 Å². The Morgan fingerprint density at radius 1 is 0.600 bits per heavy atom. The number of carboxylic acids is 2. The molecule has 0 aliphatic carbocycles. The molecule has 0 saturated carbocycles. The van der Waals surface area contributed by atoms with Crippen LogP contribution in [0.15, 0.2) is 0 Å². The van der Waals surface area contributed by atoms with Gasteiger partial charge in [0, 0.05) is 12.8 Å². The lowest BCUT2D eigenvalue weighted by Gasteiger charge is -2.28. The summed E-state index contributed by atoms with van der Waals surface area (Å²) in [4.78, 5) is 125. The number of hydrogen-bond donors (Lipinski definition) is 11. The van der Waals surface area contributed by atoms with Crippen LogP contribution in [0, 0.1) is 11.8 Å². The van der Waals surface area contributed by atoms with Gasteiger partial charge in [0.1, 0.15) is 42.8 Å². The summed E-state index contributed by atoms with van der Waals surface area (Å²) in [6, 6.07) is -7.71. The molecule has 0 spiro atoms. The second-order valence-electron chi connectivity index (χ2n) is 13.4. The maximum absolute atomic E-state index is 13.5. The van der Waals surface area contributed by atoms with E-state index in [2.05, 4.69) is 37.2 Å². The van der Waals surface area contributed by atoms with Crippen LogP contribution in [0.1, 0.15) is 73.1 Å². The molecule has 312 valence electrons. The van der Waals surface area contributed by atoms with Crippen molar-refractivity contribution in [2.24, 2.45) is 23.3 Å². The molecule has 0 saturated heterocycles. The molecular weight excluding hydrogens is 746 g/mol. The highest BCUT2D eigenvalue weighted by atomic mass is 32.2. The van der Waals surface area contributed by atoms with Crippen LogP contribution in [0.4, 0.5) is 0 Å². The summed E-state index contributed by atoms with van der Waals surface area (Å²) in [5.74, 6) is -9.29. The van der Waals surface area contributed by atoms with Crippen molar-refractivity contribution in [3.8, 4) is 0 Å². The number of carboxylic acid groups (broad SMARTS) is 2. The SMILES string of the molecule is CSCC[C@H](NC(=O)[C@H](C)NC(=O)[C@H](CCC(N)=O)NC(=O)[C@@H](NC(=O)[C@H](CCC(=O)O)NC(=O)CN)C(C)C)C(=O)N[C@@H](CC(C)C)C(=O)NCC(=O)O. The first kappa shape index (κ1) is 50.0. The quantitative estimate of drug-likeness (QED) is 0.0387. The van der Waals surface area contributed by atoms with Gasteiger partial charge in [-0.1, -0.05) is 27.7 Å². The minimum absolute atomic E-state index is 0.0739. The molecule has 22 heteroatoms. The predicted octanol–water partition coefficient (Wildman–Crippen LogP) is -3.34. The van der Waals surface area contributed by atoms with Crippen LogP contribution in [-0.2, 0) is 47.9 Å². The minimum atomic E-state index is -1.45. The van der Waals surface area contributed by atoms with E-state index in [4.69, 9.17) is 21.7 Å². The van der Waals surface area contributed by atoms with Crippen LogP contribution in [-0.4, -0.2) is 131 Å². The molecule has 0 aromatic carbocycles. The van der Waals surface area contributed by atoms with Crippen LogP contribution in [0.3, 0.4) is 0 Å². The summed E-state index contributed by atoms with van der Waals surface area (Å²) < 4.78 is 0. The zero-order chi connectivity index (χ0) is 42.4. The minimum Gasteiger partial charge on any atom is -0.481 e. The number of thioether (sulfide) groups is 1. The largest absolute Gasteiger partial charge is 0.481 e. The van der Waals surface area contributed by atoms with Crippen molar-refractivity contribution in [1.29, 1.82) is 0 Å². The van der Waals surface area contributed by atoms with Gasteiger partial charge >= 0.3 is 11.9 Å². The zero-order valence-corrected chi connectivity index (χ0v) is 32.8. The Labute approximate surface area is 323 Å². The summed E-state index contributed by atoms with van der Waals surface area (Å²) in [5.41, 5.74) is 10.6. The van der Waals surface area contributed by atoms with Gasteiger partial charge in [-0.25, -0.2) is 0 Å². The Hall–Kier alpha value is -4.99. The van der Waals surface area contributed by atoms with Crippen molar-refractivity contribution in [3.63, 3.8) is 0 Å². The maximum atomic E-state index is 13.5. The highest BCUT2D eigenvalue weighted by Gasteiger charge is 2.33.